The Morgan fingerprint density at radius 3 is 2.69 bits per heavy atom. The molecule has 0 bridgehead atoms. The molecule has 0 spiro atoms. The van der Waals surface area contributed by atoms with Gasteiger partial charge >= 0.3 is 12.3 Å². The minimum Gasteiger partial charge on any atom is -0.444 e. The Balaban J connectivity index is 1.96. The number of aromatic amines is 1. The van der Waals surface area contributed by atoms with Crippen LogP contribution < -0.4 is 5.32 Å². The minimum absolute atomic E-state index is 0.0828. The fraction of sp³-hybridized carbons (Fsp3) is 0.412. The maximum absolute atomic E-state index is 12.9. The van der Waals surface area contributed by atoms with Gasteiger partial charge in [0.2, 0.25) is 0 Å². The molecule has 29 heavy (non-hydrogen) atoms. The molecule has 3 rings (SSSR count). The van der Waals surface area contributed by atoms with E-state index < -0.39 is 23.6 Å². The zero-order chi connectivity index (χ0) is 21.4. The van der Waals surface area contributed by atoms with Crippen molar-refractivity contribution in [2.75, 3.05) is 11.1 Å². The number of imidazole rings is 1. The normalized spacial score (nSPS) is 12.4. The van der Waals surface area contributed by atoms with Gasteiger partial charge in [0.1, 0.15) is 40.5 Å². The summed E-state index contributed by atoms with van der Waals surface area (Å²) in [4.78, 5) is 20.3. The van der Waals surface area contributed by atoms with Crippen LogP contribution in [0.1, 0.15) is 33.4 Å². The van der Waals surface area contributed by atoms with E-state index in [4.69, 9.17) is 4.74 Å². The number of hydrogen-bond donors (Lipinski definition) is 2. The molecule has 156 valence electrons. The van der Waals surface area contributed by atoms with Gasteiger partial charge in [-0.05, 0) is 26.5 Å². The first-order chi connectivity index (χ1) is 13.5. The molecule has 0 aliphatic rings. The average molecular weight is 428 g/mol. The third kappa shape index (κ3) is 4.81. The summed E-state index contributed by atoms with van der Waals surface area (Å²) in [5.41, 5.74) is -0.870. The molecule has 3 heterocycles. The lowest BCUT2D eigenvalue weighted by Gasteiger charge is -2.19. The maximum atomic E-state index is 12.9. The summed E-state index contributed by atoms with van der Waals surface area (Å²) in [5.74, 6) is 0.995. The quantitative estimate of drug-likeness (QED) is 0.590. The monoisotopic (exact) mass is 428 g/mol. The Morgan fingerprint density at radius 1 is 1.34 bits per heavy atom. The number of halogens is 3. The smallest absolute Gasteiger partial charge is 0.433 e. The molecule has 3 aromatic heterocycles. The number of carbonyl (C=O) groups excluding carboxylic acids is 1. The van der Waals surface area contributed by atoms with E-state index in [0.717, 1.165) is 12.4 Å². The first-order valence-corrected chi connectivity index (χ1v) is 9.60. The molecule has 0 saturated carbocycles. The van der Waals surface area contributed by atoms with Crippen molar-refractivity contribution in [1.29, 1.82) is 0 Å². The van der Waals surface area contributed by atoms with Crippen LogP contribution in [-0.4, -0.2) is 42.0 Å². The van der Waals surface area contributed by atoms with Crippen molar-refractivity contribution in [1.82, 2.24) is 24.6 Å². The predicted molar refractivity (Wildman–Crippen MR) is 102 cm³/mol. The first kappa shape index (κ1) is 21.0. The van der Waals surface area contributed by atoms with E-state index >= 15 is 0 Å². The van der Waals surface area contributed by atoms with Crippen molar-refractivity contribution >= 4 is 29.3 Å². The van der Waals surface area contributed by atoms with Crippen LogP contribution in [0.5, 0.6) is 0 Å². The SMILES string of the molecule is CCSc1c(-c2cn3cnc(C(F)(F)F)cc3n2)n[nH]c1NC(=O)OC(C)(C)C. The maximum Gasteiger partial charge on any atom is 0.433 e. The van der Waals surface area contributed by atoms with Gasteiger partial charge in [-0.2, -0.15) is 18.3 Å². The largest absolute Gasteiger partial charge is 0.444 e. The lowest BCUT2D eigenvalue weighted by atomic mass is 10.2. The van der Waals surface area contributed by atoms with Crippen LogP contribution in [0.3, 0.4) is 0 Å². The topological polar surface area (TPSA) is 97.2 Å². The van der Waals surface area contributed by atoms with Gasteiger partial charge in [0.25, 0.3) is 0 Å². The summed E-state index contributed by atoms with van der Waals surface area (Å²) in [6.45, 7) is 7.15. The Morgan fingerprint density at radius 2 is 2.07 bits per heavy atom. The minimum atomic E-state index is -4.56. The Kier molecular flexibility index (Phi) is 5.48. The predicted octanol–water partition coefficient (Wildman–Crippen LogP) is 4.60. The molecule has 0 radical (unpaired) electrons. The van der Waals surface area contributed by atoms with E-state index in [1.807, 2.05) is 6.92 Å². The molecule has 0 aromatic carbocycles. The molecule has 0 fully saturated rings. The van der Waals surface area contributed by atoms with Crippen LogP contribution in [0.25, 0.3) is 17.0 Å². The Hall–Kier alpha value is -2.76. The molecule has 3 aromatic rings. The van der Waals surface area contributed by atoms with Gasteiger partial charge in [-0.25, -0.2) is 14.8 Å². The fourth-order valence-electron chi connectivity index (χ4n) is 2.44. The summed E-state index contributed by atoms with van der Waals surface area (Å²) >= 11 is 1.40. The zero-order valence-electron chi connectivity index (χ0n) is 16.1. The van der Waals surface area contributed by atoms with E-state index in [2.05, 4.69) is 25.5 Å². The molecular formula is C17H19F3N6O2S. The highest BCUT2D eigenvalue weighted by Crippen LogP contribution is 2.35. The number of alkyl halides is 3. The van der Waals surface area contributed by atoms with Crippen LogP contribution in [0.4, 0.5) is 23.8 Å². The number of nitrogens with one attached hydrogen (secondary N) is 2. The van der Waals surface area contributed by atoms with Crippen molar-refractivity contribution in [3.63, 3.8) is 0 Å². The van der Waals surface area contributed by atoms with E-state index in [9.17, 15) is 18.0 Å². The average Bonchev–Trinajstić information content (AvgIpc) is 3.16. The molecule has 0 unspecified atom stereocenters. The van der Waals surface area contributed by atoms with Crippen LogP contribution in [-0.2, 0) is 10.9 Å². The van der Waals surface area contributed by atoms with Crippen LogP contribution >= 0.6 is 11.8 Å². The van der Waals surface area contributed by atoms with Crippen molar-refractivity contribution < 1.29 is 22.7 Å². The van der Waals surface area contributed by atoms with Crippen molar-refractivity contribution in [3.8, 4) is 11.4 Å². The Labute approximate surface area is 168 Å². The molecule has 2 N–H and O–H groups in total. The van der Waals surface area contributed by atoms with E-state index in [1.54, 1.807) is 20.8 Å². The van der Waals surface area contributed by atoms with Gasteiger partial charge in [-0.3, -0.25) is 14.8 Å². The number of thioether (sulfide) groups is 1. The summed E-state index contributed by atoms with van der Waals surface area (Å²) in [6.07, 6.45) is -2.64. The number of rotatable bonds is 4. The van der Waals surface area contributed by atoms with Crippen LogP contribution in [0.2, 0.25) is 0 Å². The number of anilines is 1. The van der Waals surface area contributed by atoms with E-state index in [0.29, 0.717) is 27.9 Å². The highest BCUT2D eigenvalue weighted by atomic mass is 32.2. The number of ether oxygens (including phenoxy) is 1. The van der Waals surface area contributed by atoms with Gasteiger partial charge in [0, 0.05) is 12.3 Å². The first-order valence-electron chi connectivity index (χ1n) is 8.61. The Bertz CT molecular complexity index is 1040. The van der Waals surface area contributed by atoms with Gasteiger partial charge in [0.15, 0.2) is 0 Å². The highest BCUT2D eigenvalue weighted by Gasteiger charge is 2.33. The molecule has 0 atom stereocenters. The van der Waals surface area contributed by atoms with Gasteiger partial charge < -0.3 is 4.74 Å². The molecule has 1 amide bonds. The second-order valence-electron chi connectivity index (χ2n) is 7.00. The lowest BCUT2D eigenvalue weighted by molar-refractivity contribution is -0.141. The van der Waals surface area contributed by atoms with E-state index in [-0.39, 0.29) is 5.65 Å². The molecule has 0 aliphatic carbocycles. The second kappa shape index (κ2) is 7.58. The number of H-pyrrole nitrogens is 1. The number of amides is 1. The number of aromatic nitrogens is 5. The van der Waals surface area contributed by atoms with Gasteiger partial charge in [0.05, 0.1) is 4.90 Å². The molecule has 12 heteroatoms. The molecule has 0 saturated heterocycles. The number of fused-ring (bicyclic) bond motifs is 1. The molecule has 0 aliphatic heterocycles. The van der Waals surface area contributed by atoms with Gasteiger partial charge in [-0.1, -0.05) is 6.92 Å². The van der Waals surface area contributed by atoms with Crippen LogP contribution in [0, 0.1) is 0 Å². The van der Waals surface area contributed by atoms with Crippen LogP contribution in [0.15, 0.2) is 23.5 Å². The number of hydrogen-bond acceptors (Lipinski definition) is 6. The molecule has 8 nitrogen and oxygen atoms in total. The zero-order valence-corrected chi connectivity index (χ0v) is 16.9. The van der Waals surface area contributed by atoms with Crippen molar-refractivity contribution in [3.05, 3.63) is 24.3 Å². The highest BCUT2D eigenvalue weighted by molar-refractivity contribution is 7.99. The summed E-state index contributed by atoms with van der Waals surface area (Å²) in [7, 11) is 0. The standard InChI is InChI=1S/C17H19F3N6O2S/c1-5-29-13-12(24-25-14(13)23-15(27)28-16(2,3)4)9-7-26-8-21-10(17(18,19)20)6-11(26)22-9/h6-8H,5H2,1-4H3,(H2,23,24,25,27). The van der Waals surface area contributed by atoms with Crippen molar-refractivity contribution in [2.24, 2.45) is 0 Å². The third-order valence-electron chi connectivity index (χ3n) is 3.52. The number of carbonyl (C=O) groups is 1. The van der Waals surface area contributed by atoms with Crippen molar-refractivity contribution in [2.45, 2.75) is 44.4 Å². The fourth-order valence-corrected chi connectivity index (χ4v) is 3.26. The summed E-state index contributed by atoms with van der Waals surface area (Å²) in [6, 6.07) is 0.864. The second-order valence-corrected chi connectivity index (χ2v) is 8.27. The third-order valence-corrected chi connectivity index (χ3v) is 4.49. The van der Waals surface area contributed by atoms with E-state index in [1.165, 1.54) is 22.4 Å². The summed E-state index contributed by atoms with van der Waals surface area (Å²) < 4.78 is 45.3. The summed E-state index contributed by atoms with van der Waals surface area (Å²) in [5, 5.41) is 9.52. The lowest BCUT2D eigenvalue weighted by Crippen LogP contribution is -2.27. The number of nitrogens with zero attached hydrogens (tertiary/aromatic N) is 4. The van der Waals surface area contributed by atoms with Gasteiger partial charge in [-0.15, -0.1) is 11.8 Å². The molecular weight excluding hydrogens is 409 g/mol.